The molecule has 0 unspecified atom stereocenters. The molecular weight excluding hydrogens is 266 g/mol. The molecular formula is C16H15N3O2. The summed E-state index contributed by atoms with van der Waals surface area (Å²) in [7, 11) is 1.59. The maximum atomic E-state index is 12.7. The molecule has 0 saturated carbocycles. The maximum Gasteiger partial charge on any atom is 0.197 e. The van der Waals surface area contributed by atoms with Crippen LogP contribution in [-0.2, 0) is 0 Å². The maximum absolute atomic E-state index is 12.7. The van der Waals surface area contributed by atoms with E-state index in [1.54, 1.807) is 31.5 Å². The first-order chi connectivity index (χ1) is 10.1. The van der Waals surface area contributed by atoms with Gasteiger partial charge in [0.15, 0.2) is 5.78 Å². The number of carbonyl (C=O) groups excluding carboxylic acids is 1. The molecule has 0 radical (unpaired) electrons. The largest absolute Gasteiger partial charge is 0.497 e. The van der Waals surface area contributed by atoms with Gasteiger partial charge >= 0.3 is 0 Å². The van der Waals surface area contributed by atoms with Crippen LogP contribution in [0, 0.1) is 0 Å². The van der Waals surface area contributed by atoms with E-state index in [2.05, 4.69) is 4.98 Å². The fraction of sp³-hybridized carbons (Fsp3) is 0.0625. The molecule has 0 aliphatic rings. The van der Waals surface area contributed by atoms with Crippen LogP contribution < -0.4 is 16.2 Å². The third-order valence-corrected chi connectivity index (χ3v) is 3.45. The van der Waals surface area contributed by atoms with Crippen LogP contribution in [0.1, 0.15) is 15.9 Å². The second-order valence-electron chi connectivity index (χ2n) is 4.79. The third-order valence-electron chi connectivity index (χ3n) is 3.45. The van der Waals surface area contributed by atoms with Gasteiger partial charge in [-0.3, -0.25) is 4.79 Å². The number of nitrogen functional groups attached to an aromatic ring is 2. The Morgan fingerprint density at radius 2 is 1.90 bits per heavy atom. The van der Waals surface area contributed by atoms with E-state index in [0.717, 1.165) is 10.9 Å². The van der Waals surface area contributed by atoms with E-state index in [1.165, 1.54) is 0 Å². The number of aromatic amines is 1. The van der Waals surface area contributed by atoms with Crippen LogP contribution in [0.5, 0.6) is 5.75 Å². The van der Waals surface area contributed by atoms with Gasteiger partial charge < -0.3 is 21.2 Å². The van der Waals surface area contributed by atoms with Gasteiger partial charge in [-0.15, -0.1) is 0 Å². The Morgan fingerprint density at radius 3 is 2.62 bits per heavy atom. The Morgan fingerprint density at radius 1 is 1.10 bits per heavy atom. The van der Waals surface area contributed by atoms with E-state index < -0.39 is 0 Å². The minimum absolute atomic E-state index is 0.146. The number of benzene rings is 2. The van der Waals surface area contributed by atoms with E-state index in [9.17, 15) is 4.79 Å². The normalized spacial score (nSPS) is 10.7. The molecule has 0 bridgehead atoms. The first kappa shape index (κ1) is 13.1. The van der Waals surface area contributed by atoms with E-state index in [1.807, 2.05) is 18.2 Å². The van der Waals surface area contributed by atoms with Gasteiger partial charge in [0, 0.05) is 39.6 Å². The number of methoxy groups -OCH3 is 1. The molecule has 0 spiro atoms. The van der Waals surface area contributed by atoms with Gasteiger partial charge in [-0.2, -0.15) is 0 Å². The summed E-state index contributed by atoms with van der Waals surface area (Å²) in [4.78, 5) is 15.8. The summed E-state index contributed by atoms with van der Waals surface area (Å²) >= 11 is 0. The highest BCUT2D eigenvalue weighted by Gasteiger charge is 2.17. The number of nitrogens with one attached hydrogen (secondary N) is 1. The number of ether oxygens (including phenoxy) is 1. The average molecular weight is 281 g/mol. The summed E-state index contributed by atoms with van der Waals surface area (Å²) in [5.41, 5.74) is 14.3. The highest BCUT2D eigenvalue weighted by atomic mass is 16.5. The summed E-state index contributed by atoms with van der Waals surface area (Å²) in [6.45, 7) is 0. The SMILES string of the molecule is COc1ccc2[nH]cc(C(=O)c3ccc(N)cc3N)c2c1. The number of rotatable bonds is 3. The molecule has 1 aromatic heterocycles. The molecule has 3 rings (SSSR count). The number of hydrogen-bond acceptors (Lipinski definition) is 4. The number of ketones is 1. The Hall–Kier alpha value is -2.95. The molecule has 2 aromatic carbocycles. The first-order valence-electron chi connectivity index (χ1n) is 6.45. The predicted octanol–water partition coefficient (Wildman–Crippen LogP) is 2.57. The number of H-pyrrole nitrogens is 1. The zero-order chi connectivity index (χ0) is 15.0. The molecule has 1 heterocycles. The van der Waals surface area contributed by atoms with E-state index >= 15 is 0 Å². The smallest absolute Gasteiger partial charge is 0.197 e. The molecule has 5 nitrogen and oxygen atoms in total. The van der Waals surface area contributed by atoms with Crippen LogP contribution in [0.15, 0.2) is 42.6 Å². The lowest BCUT2D eigenvalue weighted by Gasteiger charge is -2.05. The monoisotopic (exact) mass is 281 g/mol. The predicted molar refractivity (Wildman–Crippen MR) is 83.6 cm³/mol. The minimum atomic E-state index is -0.146. The topological polar surface area (TPSA) is 94.1 Å². The lowest BCUT2D eigenvalue weighted by molar-refractivity contribution is 0.104. The van der Waals surface area contributed by atoms with Crippen molar-refractivity contribution in [3.05, 3.63) is 53.7 Å². The van der Waals surface area contributed by atoms with Gasteiger partial charge in [0.1, 0.15) is 5.75 Å². The van der Waals surface area contributed by atoms with Crippen LogP contribution >= 0.6 is 0 Å². The number of anilines is 2. The molecule has 21 heavy (non-hydrogen) atoms. The molecule has 5 N–H and O–H groups in total. The summed E-state index contributed by atoms with van der Waals surface area (Å²) in [5.74, 6) is 0.549. The Bertz CT molecular complexity index is 837. The van der Waals surface area contributed by atoms with Crippen LogP contribution in [-0.4, -0.2) is 17.9 Å². The molecule has 0 saturated heterocycles. The van der Waals surface area contributed by atoms with Crippen LogP contribution in [0.25, 0.3) is 10.9 Å². The van der Waals surface area contributed by atoms with Crippen molar-refractivity contribution in [1.82, 2.24) is 4.98 Å². The second kappa shape index (κ2) is 4.86. The van der Waals surface area contributed by atoms with Crippen LogP contribution in [0.4, 0.5) is 11.4 Å². The summed E-state index contributed by atoms with van der Waals surface area (Å²) in [6.07, 6.45) is 1.68. The lowest BCUT2D eigenvalue weighted by atomic mass is 10.0. The van der Waals surface area contributed by atoms with Crippen molar-refractivity contribution in [1.29, 1.82) is 0 Å². The highest BCUT2D eigenvalue weighted by Crippen LogP contribution is 2.27. The van der Waals surface area contributed by atoms with Crippen molar-refractivity contribution in [2.45, 2.75) is 0 Å². The van der Waals surface area contributed by atoms with Crippen molar-refractivity contribution in [3.8, 4) is 5.75 Å². The second-order valence-corrected chi connectivity index (χ2v) is 4.79. The van der Waals surface area contributed by atoms with Crippen LogP contribution in [0.2, 0.25) is 0 Å². The lowest BCUT2D eigenvalue weighted by Crippen LogP contribution is -2.05. The van der Waals surface area contributed by atoms with Gasteiger partial charge in [0.05, 0.1) is 7.11 Å². The number of nitrogens with two attached hydrogens (primary N) is 2. The highest BCUT2D eigenvalue weighted by molar-refractivity contribution is 6.18. The molecule has 0 amide bonds. The summed E-state index contributed by atoms with van der Waals surface area (Å²) < 4.78 is 5.21. The average Bonchev–Trinajstić information content (AvgIpc) is 2.89. The molecule has 5 heteroatoms. The van der Waals surface area contributed by atoms with E-state index in [-0.39, 0.29) is 5.78 Å². The van der Waals surface area contributed by atoms with E-state index in [0.29, 0.717) is 28.3 Å². The Balaban J connectivity index is 2.13. The van der Waals surface area contributed by atoms with Crippen LogP contribution in [0.3, 0.4) is 0 Å². The van der Waals surface area contributed by atoms with Gasteiger partial charge in [-0.25, -0.2) is 0 Å². The molecule has 0 aliphatic carbocycles. The number of carbonyl (C=O) groups is 1. The Kier molecular flexibility index (Phi) is 3.02. The number of hydrogen-bond donors (Lipinski definition) is 3. The van der Waals surface area contributed by atoms with Crippen molar-refractivity contribution in [2.24, 2.45) is 0 Å². The van der Waals surface area contributed by atoms with Gasteiger partial charge in [-0.05, 0) is 36.4 Å². The van der Waals surface area contributed by atoms with E-state index in [4.69, 9.17) is 16.2 Å². The first-order valence-corrected chi connectivity index (χ1v) is 6.45. The van der Waals surface area contributed by atoms with Gasteiger partial charge in [-0.1, -0.05) is 0 Å². The van der Waals surface area contributed by atoms with Gasteiger partial charge in [0.25, 0.3) is 0 Å². The summed E-state index contributed by atoms with van der Waals surface area (Å²) in [5, 5.41) is 0.801. The molecule has 0 fully saturated rings. The zero-order valence-electron chi connectivity index (χ0n) is 11.5. The number of fused-ring (bicyclic) bond motifs is 1. The fourth-order valence-corrected chi connectivity index (χ4v) is 2.35. The molecule has 3 aromatic rings. The number of aromatic nitrogens is 1. The molecule has 0 aliphatic heterocycles. The van der Waals surface area contributed by atoms with Crippen molar-refractivity contribution >= 4 is 28.1 Å². The molecule has 106 valence electrons. The Labute approximate surface area is 121 Å². The quantitative estimate of drug-likeness (QED) is 0.508. The fourth-order valence-electron chi connectivity index (χ4n) is 2.35. The van der Waals surface area contributed by atoms with Crippen molar-refractivity contribution < 1.29 is 9.53 Å². The zero-order valence-corrected chi connectivity index (χ0v) is 11.5. The van der Waals surface area contributed by atoms with Gasteiger partial charge in [0.2, 0.25) is 0 Å². The third kappa shape index (κ3) is 2.18. The summed E-state index contributed by atoms with van der Waals surface area (Å²) in [6, 6.07) is 10.4. The standard InChI is InChI=1S/C16H15N3O2/c1-21-10-3-5-15-12(7-10)13(8-19-15)16(20)11-4-2-9(17)6-14(11)18/h2-8,19H,17-18H2,1H3. The van der Waals surface area contributed by atoms with Crippen molar-refractivity contribution in [3.63, 3.8) is 0 Å². The minimum Gasteiger partial charge on any atom is -0.497 e. The van der Waals surface area contributed by atoms with Crippen molar-refractivity contribution in [2.75, 3.05) is 18.6 Å². The molecule has 0 atom stereocenters.